The van der Waals surface area contributed by atoms with E-state index in [9.17, 15) is 42.5 Å². The number of nitro benzene ring substituents is 1. The number of H-pyrrole nitrogens is 1. The maximum Gasteiger partial charge on any atom is 0.416 e. The van der Waals surface area contributed by atoms with Gasteiger partial charge in [-0.05, 0) is 36.4 Å². The first kappa shape index (κ1) is 30.1. The van der Waals surface area contributed by atoms with E-state index < -0.39 is 63.0 Å². The number of hydrogen-bond donors (Lipinski definition) is 2. The van der Waals surface area contributed by atoms with Crippen LogP contribution >= 0.6 is 23.1 Å². The number of thioether (sulfide) groups is 1. The number of ether oxygens (including phenoxy) is 1. The van der Waals surface area contributed by atoms with Crippen LogP contribution in [0, 0.1) is 16.0 Å². The van der Waals surface area contributed by atoms with Crippen LogP contribution in [0.1, 0.15) is 21.9 Å². The average molecular weight is 657 g/mol. The molecule has 0 unspecified atom stereocenters. The summed E-state index contributed by atoms with van der Waals surface area (Å²) >= 11 is 1.91. The second kappa shape index (κ2) is 11.5. The molecular formula is C29H19F3N4O7S2. The first-order valence-electron chi connectivity index (χ1n) is 13.1. The summed E-state index contributed by atoms with van der Waals surface area (Å²) in [6, 6.07) is 15.6. The monoisotopic (exact) mass is 656 g/mol. The topological polar surface area (TPSA) is 152 Å². The van der Waals surface area contributed by atoms with Crippen molar-refractivity contribution in [2.24, 2.45) is 5.92 Å². The van der Waals surface area contributed by atoms with Gasteiger partial charge in [-0.1, -0.05) is 47.4 Å². The number of aromatic nitrogens is 1. The Morgan fingerprint density at radius 3 is 2.47 bits per heavy atom. The van der Waals surface area contributed by atoms with Gasteiger partial charge in [-0.2, -0.15) is 13.2 Å². The summed E-state index contributed by atoms with van der Waals surface area (Å²) in [5.74, 6) is -3.58. The first-order chi connectivity index (χ1) is 21.4. The molecule has 3 aromatic carbocycles. The highest BCUT2D eigenvalue weighted by Gasteiger charge is 2.56. The molecule has 0 spiro atoms. The summed E-state index contributed by atoms with van der Waals surface area (Å²) in [5.41, 5.74) is -0.677. The molecule has 1 fully saturated rings. The number of alkyl halides is 3. The van der Waals surface area contributed by atoms with Gasteiger partial charge in [0.2, 0.25) is 11.8 Å². The van der Waals surface area contributed by atoms with E-state index in [2.05, 4.69) is 10.3 Å². The minimum atomic E-state index is -4.60. The summed E-state index contributed by atoms with van der Waals surface area (Å²) in [5, 5.41) is 12.9. The highest BCUT2D eigenvalue weighted by molar-refractivity contribution is 8.00. The number of rotatable bonds is 7. The number of carbonyl (C=O) groups excluding carboxylic acids is 3. The molecule has 2 N–H and O–H groups in total. The summed E-state index contributed by atoms with van der Waals surface area (Å²) < 4.78 is 45.0. The lowest BCUT2D eigenvalue weighted by Crippen LogP contribution is -2.32. The zero-order chi connectivity index (χ0) is 32.0. The van der Waals surface area contributed by atoms with E-state index in [-0.39, 0.29) is 22.8 Å². The van der Waals surface area contributed by atoms with Crippen molar-refractivity contribution in [1.29, 1.82) is 0 Å². The van der Waals surface area contributed by atoms with Gasteiger partial charge < -0.3 is 15.0 Å². The zero-order valence-corrected chi connectivity index (χ0v) is 24.2. The Hall–Kier alpha value is -4.96. The van der Waals surface area contributed by atoms with Crippen LogP contribution in [0.5, 0.6) is 5.75 Å². The van der Waals surface area contributed by atoms with E-state index in [0.717, 1.165) is 46.2 Å². The van der Waals surface area contributed by atoms with E-state index >= 15 is 0 Å². The quantitative estimate of drug-likeness (QED) is 0.157. The molecule has 0 aliphatic carbocycles. The van der Waals surface area contributed by atoms with Crippen LogP contribution in [0.4, 0.5) is 30.2 Å². The van der Waals surface area contributed by atoms with Crippen LogP contribution in [0.2, 0.25) is 0 Å². The third kappa shape index (κ3) is 5.69. The van der Waals surface area contributed by atoms with E-state index in [1.165, 1.54) is 36.4 Å². The molecule has 3 heterocycles. The predicted octanol–water partition coefficient (Wildman–Crippen LogP) is 5.18. The highest BCUT2D eigenvalue weighted by Crippen LogP contribution is 2.54. The molecule has 6 rings (SSSR count). The lowest BCUT2D eigenvalue weighted by Gasteiger charge is -2.30. The molecule has 230 valence electrons. The molecule has 3 atom stereocenters. The Labute approximate surface area is 259 Å². The van der Waals surface area contributed by atoms with Gasteiger partial charge in [0.1, 0.15) is 11.0 Å². The van der Waals surface area contributed by atoms with E-state index in [1.807, 2.05) is 0 Å². The molecule has 2 aliphatic rings. The number of nitrogens with zero attached hydrogens (tertiary/aromatic N) is 2. The summed E-state index contributed by atoms with van der Waals surface area (Å²) in [4.78, 5) is 66.9. The maximum absolute atomic E-state index is 13.9. The molecule has 11 nitrogen and oxygen atoms in total. The van der Waals surface area contributed by atoms with Crippen molar-refractivity contribution in [3.8, 4) is 5.75 Å². The smallest absolute Gasteiger partial charge is 0.416 e. The lowest BCUT2D eigenvalue weighted by atomic mass is 9.82. The fourth-order valence-electron chi connectivity index (χ4n) is 5.31. The van der Waals surface area contributed by atoms with E-state index in [4.69, 9.17) is 4.74 Å². The number of nitro groups is 1. The van der Waals surface area contributed by atoms with Gasteiger partial charge in [0.25, 0.3) is 11.6 Å². The number of anilines is 2. The molecule has 45 heavy (non-hydrogen) atoms. The fourth-order valence-corrected chi connectivity index (χ4v) is 7.82. The molecular weight excluding hydrogens is 637 g/mol. The van der Waals surface area contributed by atoms with E-state index in [0.29, 0.717) is 15.5 Å². The van der Waals surface area contributed by atoms with Gasteiger partial charge in [-0.3, -0.25) is 29.3 Å². The Bertz CT molecular complexity index is 1910. The van der Waals surface area contributed by atoms with Gasteiger partial charge in [-0.25, -0.2) is 4.90 Å². The number of imide groups is 1. The minimum absolute atomic E-state index is 0.0815. The van der Waals surface area contributed by atoms with Gasteiger partial charge in [0, 0.05) is 34.2 Å². The molecule has 0 bridgehead atoms. The van der Waals surface area contributed by atoms with Crippen molar-refractivity contribution in [1.82, 2.24) is 4.98 Å². The van der Waals surface area contributed by atoms with Crippen molar-refractivity contribution in [2.75, 3.05) is 16.8 Å². The maximum atomic E-state index is 13.9. The average Bonchev–Trinajstić information content (AvgIpc) is 3.50. The van der Waals surface area contributed by atoms with Crippen LogP contribution in [-0.2, 0) is 20.6 Å². The standard InChI is InChI=1S/C29H19F3N4O7S2/c30-29(31,32)14-4-3-5-15(12-14)33-20(37)13-43-19-7-2-1-6-18(19)21-22-24(44-25-23(21)45-28(40)34-25)27(39)35(26(22)38)16-8-10-17(11-9-16)36(41)42/h1-12,21-22,24H,13H2,(H,33,37)(H,34,40)/t21-,22-,24+/m0/s1. The molecule has 3 amide bonds. The number of nitrogens with one attached hydrogen (secondary N) is 2. The molecule has 2 aliphatic heterocycles. The number of carbonyl (C=O) groups is 3. The van der Waals surface area contributed by atoms with Crippen molar-refractivity contribution in [3.05, 3.63) is 109 Å². The number of hydrogen-bond acceptors (Lipinski definition) is 9. The third-order valence-electron chi connectivity index (χ3n) is 7.23. The zero-order valence-electron chi connectivity index (χ0n) is 22.6. The van der Waals surface area contributed by atoms with Crippen LogP contribution < -0.4 is 19.8 Å². The SMILES string of the molecule is O=C(COc1ccccc1[C@@H]1c2sc(=O)[nH]c2S[C@H]2C(=O)N(c3ccc([N+](=O)[O-])cc3)C(=O)[C@@H]12)Nc1cccc(C(F)(F)F)c1. The largest absolute Gasteiger partial charge is 0.483 e. The van der Waals surface area contributed by atoms with E-state index in [1.54, 1.807) is 18.2 Å². The molecule has 0 saturated carbocycles. The number of fused-ring (bicyclic) bond motifs is 2. The molecule has 16 heteroatoms. The summed E-state index contributed by atoms with van der Waals surface area (Å²) in [7, 11) is 0. The van der Waals surface area contributed by atoms with Gasteiger partial charge in [0.05, 0.1) is 27.1 Å². The van der Waals surface area contributed by atoms with Crippen molar-refractivity contribution < 1.29 is 37.2 Å². The normalized spacial score (nSPS) is 19.2. The molecule has 1 aromatic heterocycles. The second-order valence-corrected chi connectivity index (χ2v) is 12.2. The first-order valence-corrected chi connectivity index (χ1v) is 14.8. The lowest BCUT2D eigenvalue weighted by molar-refractivity contribution is -0.384. The van der Waals surface area contributed by atoms with Crippen LogP contribution in [-0.4, -0.2) is 39.5 Å². The molecule has 1 saturated heterocycles. The summed E-state index contributed by atoms with van der Waals surface area (Å²) in [6.07, 6.45) is -4.60. The van der Waals surface area contributed by atoms with Gasteiger partial charge in [0.15, 0.2) is 6.61 Å². The number of para-hydroxylation sites is 1. The number of thiazole rings is 1. The summed E-state index contributed by atoms with van der Waals surface area (Å²) in [6.45, 7) is -0.596. The number of non-ortho nitro benzene ring substituents is 1. The molecule has 0 radical (unpaired) electrons. The van der Waals surface area contributed by atoms with Gasteiger partial charge in [-0.15, -0.1) is 0 Å². The predicted molar refractivity (Wildman–Crippen MR) is 158 cm³/mol. The second-order valence-electron chi connectivity index (χ2n) is 9.99. The Balaban J connectivity index is 1.30. The number of benzene rings is 3. The minimum Gasteiger partial charge on any atom is -0.483 e. The van der Waals surface area contributed by atoms with Gasteiger partial charge >= 0.3 is 11.0 Å². The van der Waals surface area contributed by atoms with Crippen LogP contribution in [0.15, 0.2) is 82.6 Å². The van der Waals surface area contributed by atoms with Crippen LogP contribution in [0.3, 0.4) is 0 Å². The van der Waals surface area contributed by atoms with Crippen molar-refractivity contribution >= 4 is 57.9 Å². The number of amides is 3. The Morgan fingerprint density at radius 2 is 1.76 bits per heavy atom. The van der Waals surface area contributed by atoms with Crippen molar-refractivity contribution in [3.63, 3.8) is 0 Å². The Kier molecular flexibility index (Phi) is 7.70. The van der Waals surface area contributed by atoms with Crippen molar-refractivity contribution in [2.45, 2.75) is 22.4 Å². The number of aromatic amines is 1. The molecule has 4 aromatic rings. The Morgan fingerprint density at radius 1 is 1.02 bits per heavy atom. The van der Waals surface area contributed by atoms with Crippen LogP contribution in [0.25, 0.3) is 0 Å². The number of halogens is 3. The highest BCUT2D eigenvalue weighted by atomic mass is 32.2. The third-order valence-corrected chi connectivity index (χ3v) is 9.63. The fraction of sp³-hybridized carbons (Fsp3) is 0.172.